The van der Waals surface area contributed by atoms with Gasteiger partial charge in [-0.05, 0) is 52.2 Å². The molecule has 1 heteroatoms. The van der Waals surface area contributed by atoms with Crippen LogP contribution in [0.5, 0.6) is 0 Å². The smallest absolute Gasteiger partial charge is 0.00157 e. The average Bonchev–Trinajstić information content (AvgIpc) is 2.22. The van der Waals surface area contributed by atoms with Gasteiger partial charge in [-0.15, -0.1) is 6.58 Å². The minimum absolute atomic E-state index is 1.20. The number of piperidine rings is 1. The Morgan fingerprint density at radius 2 is 1.71 bits per heavy atom. The summed E-state index contributed by atoms with van der Waals surface area (Å²) >= 11 is 0. The molecule has 1 heterocycles. The molecule has 0 aromatic rings. The van der Waals surface area contributed by atoms with Gasteiger partial charge in [0.1, 0.15) is 0 Å². The molecule has 0 radical (unpaired) electrons. The van der Waals surface area contributed by atoms with Gasteiger partial charge in [0, 0.05) is 0 Å². The highest BCUT2D eigenvalue weighted by atomic mass is 15.1. The van der Waals surface area contributed by atoms with Gasteiger partial charge >= 0.3 is 0 Å². The summed E-state index contributed by atoms with van der Waals surface area (Å²) < 4.78 is 0. The molecule has 0 aromatic heterocycles. The summed E-state index contributed by atoms with van der Waals surface area (Å²) in [5.74, 6) is 0. The van der Waals surface area contributed by atoms with Crippen molar-refractivity contribution in [2.24, 2.45) is 0 Å². The summed E-state index contributed by atoms with van der Waals surface area (Å²) in [5.41, 5.74) is 1.33. The predicted octanol–water partition coefficient (Wildman–Crippen LogP) is 3.85. The van der Waals surface area contributed by atoms with E-state index in [2.05, 4.69) is 18.4 Å². The fraction of sp³-hybridized carbons (Fsp3) is 0.846. The molecule has 0 bridgehead atoms. The van der Waals surface area contributed by atoms with Crippen molar-refractivity contribution in [1.29, 1.82) is 0 Å². The van der Waals surface area contributed by atoms with E-state index in [1.165, 1.54) is 57.3 Å². The molecule has 0 spiro atoms. The lowest BCUT2D eigenvalue weighted by atomic mass is 10.1. The molecule has 0 amide bonds. The zero-order valence-corrected chi connectivity index (χ0v) is 10.3. The molecule has 1 nitrogen and oxygen atoms in total. The highest BCUT2D eigenvalue weighted by Crippen LogP contribution is 2.10. The van der Waals surface area contributed by atoms with E-state index in [1.807, 2.05) is 13.8 Å². The van der Waals surface area contributed by atoms with Gasteiger partial charge in [0.25, 0.3) is 0 Å². The van der Waals surface area contributed by atoms with Crippen LogP contribution in [0.25, 0.3) is 0 Å². The van der Waals surface area contributed by atoms with Crippen LogP contribution in [-0.4, -0.2) is 24.5 Å². The Hall–Kier alpha value is -0.300. The van der Waals surface area contributed by atoms with E-state index in [-0.39, 0.29) is 0 Å². The Balaban J connectivity index is 0.000000791. The summed E-state index contributed by atoms with van der Waals surface area (Å²) in [5, 5.41) is 0. The lowest BCUT2D eigenvalue weighted by Gasteiger charge is -2.26. The molecular weight excluding hydrogens is 170 g/mol. The molecule has 1 fully saturated rings. The Labute approximate surface area is 90.2 Å². The molecule has 14 heavy (non-hydrogen) atoms. The van der Waals surface area contributed by atoms with E-state index in [0.29, 0.717) is 0 Å². The van der Waals surface area contributed by atoms with Crippen molar-refractivity contribution in [1.82, 2.24) is 4.90 Å². The van der Waals surface area contributed by atoms with Crippen molar-refractivity contribution < 1.29 is 0 Å². The lowest BCUT2D eigenvalue weighted by Crippen LogP contribution is -2.30. The standard InChI is InChI=1S/C11H21N.C2H6/c1-11(2)7-6-10-12-8-4-3-5-9-12;1-2/h1,3-10H2,2H3;1-2H3. The number of nitrogens with zero attached hydrogens (tertiary/aromatic N) is 1. The minimum atomic E-state index is 1.20. The molecule has 0 unspecified atom stereocenters. The summed E-state index contributed by atoms with van der Waals surface area (Å²) in [4.78, 5) is 2.59. The number of hydrogen-bond acceptors (Lipinski definition) is 1. The van der Waals surface area contributed by atoms with E-state index >= 15 is 0 Å². The Morgan fingerprint density at radius 1 is 1.14 bits per heavy atom. The summed E-state index contributed by atoms with van der Waals surface area (Å²) in [7, 11) is 0. The van der Waals surface area contributed by atoms with Crippen molar-refractivity contribution in [2.45, 2.75) is 52.9 Å². The number of likely N-dealkylation sites (tertiary alicyclic amines) is 1. The van der Waals surface area contributed by atoms with Crippen LogP contribution in [0.4, 0.5) is 0 Å². The van der Waals surface area contributed by atoms with E-state index < -0.39 is 0 Å². The first-order valence-corrected chi connectivity index (χ1v) is 6.16. The first-order chi connectivity index (χ1) is 6.79. The fourth-order valence-electron chi connectivity index (χ4n) is 1.79. The molecule has 0 aliphatic carbocycles. The van der Waals surface area contributed by atoms with Crippen molar-refractivity contribution in [3.8, 4) is 0 Å². The summed E-state index contributed by atoms with van der Waals surface area (Å²) in [6.07, 6.45) is 6.77. The average molecular weight is 197 g/mol. The van der Waals surface area contributed by atoms with Gasteiger partial charge in [-0.1, -0.05) is 25.8 Å². The Kier molecular flexibility index (Phi) is 9.06. The molecule has 1 aliphatic rings. The molecule has 1 saturated heterocycles. The first-order valence-electron chi connectivity index (χ1n) is 6.16. The monoisotopic (exact) mass is 197 g/mol. The van der Waals surface area contributed by atoms with Crippen LogP contribution in [0.15, 0.2) is 12.2 Å². The van der Waals surface area contributed by atoms with Crippen molar-refractivity contribution >= 4 is 0 Å². The Bertz CT molecular complexity index is 134. The van der Waals surface area contributed by atoms with Crippen LogP contribution in [-0.2, 0) is 0 Å². The summed E-state index contributed by atoms with van der Waals surface area (Å²) in [6, 6.07) is 0. The molecule has 0 N–H and O–H groups in total. The molecule has 84 valence electrons. The van der Waals surface area contributed by atoms with Crippen molar-refractivity contribution in [3.63, 3.8) is 0 Å². The lowest BCUT2D eigenvalue weighted by molar-refractivity contribution is 0.226. The van der Waals surface area contributed by atoms with Gasteiger partial charge in [0.2, 0.25) is 0 Å². The minimum Gasteiger partial charge on any atom is -0.303 e. The molecule has 0 saturated carbocycles. The normalized spacial score (nSPS) is 17.1. The first kappa shape index (κ1) is 13.7. The third kappa shape index (κ3) is 7.14. The van der Waals surface area contributed by atoms with E-state index in [9.17, 15) is 0 Å². The second-order valence-corrected chi connectivity index (χ2v) is 3.96. The van der Waals surface area contributed by atoms with Crippen LogP contribution >= 0.6 is 0 Å². The van der Waals surface area contributed by atoms with E-state index in [1.54, 1.807) is 0 Å². The van der Waals surface area contributed by atoms with E-state index in [4.69, 9.17) is 0 Å². The molecule has 0 atom stereocenters. The molecule has 0 aromatic carbocycles. The third-order valence-electron chi connectivity index (χ3n) is 2.53. The quantitative estimate of drug-likeness (QED) is 0.619. The zero-order chi connectivity index (χ0) is 10.8. The largest absolute Gasteiger partial charge is 0.303 e. The highest BCUT2D eigenvalue weighted by molar-refractivity contribution is 4.87. The van der Waals surface area contributed by atoms with Crippen LogP contribution in [0, 0.1) is 0 Å². The second-order valence-electron chi connectivity index (χ2n) is 3.96. The molecule has 1 aliphatic heterocycles. The molecule has 1 rings (SSSR count). The maximum atomic E-state index is 3.92. The van der Waals surface area contributed by atoms with Gasteiger partial charge in [-0.3, -0.25) is 0 Å². The van der Waals surface area contributed by atoms with Gasteiger partial charge in [-0.25, -0.2) is 0 Å². The van der Waals surface area contributed by atoms with Crippen LogP contribution < -0.4 is 0 Å². The second kappa shape index (κ2) is 9.26. The zero-order valence-electron chi connectivity index (χ0n) is 10.3. The highest BCUT2D eigenvalue weighted by Gasteiger charge is 2.08. The topological polar surface area (TPSA) is 3.24 Å². The van der Waals surface area contributed by atoms with Gasteiger partial charge in [0.15, 0.2) is 0 Å². The SMILES string of the molecule is C=C(C)CCCN1CCCCC1.CC. The Morgan fingerprint density at radius 3 is 2.21 bits per heavy atom. The molecular formula is C13H27N. The van der Waals surface area contributed by atoms with Crippen LogP contribution in [0.1, 0.15) is 52.9 Å². The maximum absolute atomic E-state index is 3.92. The van der Waals surface area contributed by atoms with Crippen LogP contribution in [0.3, 0.4) is 0 Å². The summed E-state index contributed by atoms with van der Waals surface area (Å²) in [6.45, 7) is 14.0. The van der Waals surface area contributed by atoms with E-state index in [0.717, 1.165) is 0 Å². The fourth-order valence-corrected chi connectivity index (χ4v) is 1.79. The third-order valence-corrected chi connectivity index (χ3v) is 2.53. The van der Waals surface area contributed by atoms with Gasteiger partial charge in [0.05, 0.1) is 0 Å². The predicted molar refractivity (Wildman–Crippen MR) is 65.7 cm³/mol. The number of allylic oxidation sites excluding steroid dienone is 1. The van der Waals surface area contributed by atoms with Crippen LogP contribution in [0.2, 0.25) is 0 Å². The maximum Gasteiger partial charge on any atom is -0.00157 e. The van der Waals surface area contributed by atoms with Crippen molar-refractivity contribution in [2.75, 3.05) is 19.6 Å². The van der Waals surface area contributed by atoms with Gasteiger partial charge in [-0.2, -0.15) is 0 Å². The van der Waals surface area contributed by atoms with Gasteiger partial charge < -0.3 is 4.90 Å². The van der Waals surface area contributed by atoms with Crippen molar-refractivity contribution in [3.05, 3.63) is 12.2 Å². The number of rotatable bonds is 4. The number of hydrogen-bond donors (Lipinski definition) is 0.